The molecule has 0 bridgehead atoms. The van der Waals surface area contributed by atoms with Crippen molar-refractivity contribution < 1.29 is 4.42 Å². The molecule has 6 aromatic carbocycles. The van der Waals surface area contributed by atoms with Crippen molar-refractivity contribution in [2.75, 3.05) is 0 Å². The Bertz CT molecular complexity index is 2800. The first-order chi connectivity index (χ1) is 25.5. The molecule has 0 atom stereocenters. The van der Waals surface area contributed by atoms with Gasteiger partial charge < -0.3 is 4.42 Å². The third kappa shape index (κ3) is 4.93. The highest BCUT2D eigenvalue weighted by Crippen LogP contribution is 2.51. The maximum atomic E-state index is 6.30. The van der Waals surface area contributed by atoms with Crippen LogP contribution in [0.2, 0.25) is 0 Å². The fourth-order valence-electron chi connectivity index (χ4n) is 7.67. The van der Waals surface area contributed by atoms with Gasteiger partial charge in [0.25, 0.3) is 0 Å². The van der Waals surface area contributed by atoms with Gasteiger partial charge in [-0.2, -0.15) is 0 Å². The molecule has 5 nitrogen and oxygen atoms in total. The lowest BCUT2D eigenvalue weighted by molar-refractivity contribution is 0.647. The predicted molar refractivity (Wildman–Crippen MR) is 210 cm³/mol. The van der Waals surface area contributed by atoms with Crippen LogP contribution in [0.5, 0.6) is 0 Å². The molecule has 0 spiro atoms. The number of aromatic nitrogens is 4. The Morgan fingerprint density at radius 1 is 0.423 bits per heavy atom. The Morgan fingerprint density at radius 3 is 1.83 bits per heavy atom. The minimum atomic E-state index is -0.189. The van der Waals surface area contributed by atoms with E-state index >= 15 is 0 Å². The number of hydrogen-bond donors (Lipinski definition) is 0. The molecule has 52 heavy (non-hydrogen) atoms. The van der Waals surface area contributed by atoms with Gasteiger partial charge >= 0.3 is 0 Å². The van der Waals surface area contributed by atoms with Crippen molar-refractivity contribution in [2.45, 2.75) is 19.3 Å². The molecule has 0 amide bonds. The van der Waals surface area contributed by atoms with Gasteiger partial charge in [0.15, 0.2) is 17.5 Å². The number of fused-ring (bicyclic) bond motifs is 6. The average molecular weight is 669 g/mol. The van der Waals surface area contributed by atoms with Crippen LogP contribution >= 0.6 is 0 Å². The molecule has 9 aromatic rings. The van der Waals surface area contributed by atoms with Gasteiger partial charge in [0.2, 0.25) is 0 Å². The van der Waals surface area contributed by atoms with Crippen LogP contribution in [0.15, 0.2) is 162 Å². The standard InChI is InChI=1S/C47H32N4O/c1-47(2)40-25-33(21-22-36(40)38-26-39-37-15-6-7-16-42(37)52-43(39)27-41(38)47)32-12-8-13-34(24-32)46-50-44(30-10-4-3-5-11-30)49-45(51-46)31-19-17-29(18-20-31)35-14-9-23-48-28-35/h3-28H,1-2H3. The van der Waals surface area contributed by atoms with Crippen LogP contribution in [0.4, 0.5) is 0 Å². The molecular formula is C47H32N4O. The molecule has 0 aliphatic heterocycles. The summed E-state index contributed by atoms with van der Waals surface area (Å²) < 4.78 is 6.30. The number of pyridine rings is 1. The van der Waals surface area contributed by atoms with E-state index in [1.54, 1.807) is 6.20 Å². The van der Waals surface area contributed by atoms with Crippen LogP contribution in [0.3, 0.4) is 0 Å². The Kier molecular flexibility index (Phi) is 6.77. The summed E-state index contributed by atoms with van der Waals surface area (Å²) in [6, 6.07) is 50.7. The van der Waals surface area contributed by atoms with Crippen LogP contribution in [0, 0.1) is 0 Å². The normalized spacial score (nSPS) is 13.0. The Balaban J connectivity index is 1.05. The third-order valence-corrected chi connectivity index (χ3v) is 10.4. The number of hydrogen-bond acceptors (Lipinski definition) is 5. The molecule has 0 fully saturated rings. The zero-order valence-electron chi connectivity index (χ0n) is 28.7. The maximum absolute atomic E-state index is 6.30. The molecule has 1 aliphatic carbocycles. The van der Waals surface area contributed by atoms with E-state index in [0.29, 0.717) is 17.5 Å². The van der Waals surface area contributed by atoms with Gasteiger partial charge in [-0.1, -0.05) is 123 Å². The van der Waals surface area contributed by atoms with Gasteiger partial charge in [-0.05, 0) is 80.9 Å². The van der Waals surface area contributed by atoms with E-state index in [-0.39, 0.29) is 5.41 Å². The smallest absolute Gasteiger partial charge is 0.164 e. The lowest BCUT2D eigenvalue weighted by atomic mass is 9.81. The minimum Gasteiger partial charge on any atom is -0.456 e. The van der Waals surface area contributed by atoms with E-state index < -0.39 is 0 Å². The molecule has 0 radical (unpaired) electrons. The molecule has 0 N–H and O–H groups in total. The van der Waals surface area contributed by atoms with Crippen molar-refractivity contribution in [3.8, 4) is 67.5 Å². The van der Waals surface area contributed by atoms with E-state index in [0.717, 1.165) is 60.9 Å². The molecule has 5 heteroatoms. The number of rotatable bonds is 5. The highest BCUT2D eigenvalue weighted by Gasteiger charge is 2.36. The molecule has 0 saturated carbocycles. The maximum Gasteiger partial charge on any atom is 0.164 e. The molecule has 246 valence electrons. The molecule has 3 aromatic heterocycles. The fraction of sp³-hybridized carbons (Fsp3) is 0.0638. The number of para-hydroxylation sites is 1. The van der Waals surface area contributed by atoms with E-state index in [9.17, 15) is 0 Å². The highest BCUT2D eigenvalue weighted by molar-refractivity contribution is 6.07. The second-order valence-corrected chi connectivity index (χ2v) is 13.9. The van der Waals surface area contributed by atoms with Crippen LogP contribution in [-0.2, 0) is 5.41 Å². The van der Waals surface area contributed by atoms with Crippen molar-refractivity contribution in [1.29, 1.82) is 0 Å². The third-order valence-electron chi connectivity index (χ3n) is 10.4. The van der Waals surface area contributed by atoms with Gasteiger partial charge in [-0.25, -0.2) is 15.0 Å². The highest BCUT2D eigenvalue weighted by atomic mass is 16.3. The topological polar surface area (TPSA) is 64.7 Å². The SMILES string of the molecule is CC1(C)c2cc(-c3cccc(-c4nc(-c5ccccc5)nc(-c5ccc(-c6cccnc6)cc5)n4)c3)ccc2-c2cc3c(cc21)oc1ccccc13. The lowest BCUT2D eigenvalue weighted by Crippen LogP contribution is -2.15. The molecular weight excluding hydrogens is 637 g/mol. The quantitative estimate of drug-likeness (QED) is 0.183. The average Bonchev–Trinajstić information content (AvgIpc) is 3.68. The van der Waals surface area contributed by atoms with Crippen LogP contribution in [0.25, 0.3) is 89.5 Å². The minimum absolute atomic E-state index is 0.189. The molecule has 3 heterocycles. The number of furan rings is 1. The van der Waals surface area contributed by atoms with Gasteiger partial charge in [0.05, 0.1) is 0 Å². The summed E-state index contributed by atoms with van der Waals surface area (Å²) in [6.45, 7) is 4.63. The largest absolute Gasteiger partial charge is 0.456 e. The summed E-state index contributed by atoms with van der Waals surface area (Å²) in [5.74, 6) is 1.89. The Morgan fingerprint density at radius 2 is 1.04 bits per heavy atom. The van der Waals surface area contributed by atoms with Crippen molar-refractivity contribution >= 4 is 21.9 Å². The van der Waals surface area contributed by atoms with Crippen molar-refractivity contribution in [3.05, 3.63) is 169 Å². The summed E-state index contributed by atoms with van der Waals surface area (Å²) in [5, 5.41) is 2.31. The zero-order valence-corrected chi connectivity index (χ0v) is 28.7. The predicted octanol–water partition coefficient (Wildman–Crippen LogP) is 11.8. The Labute approximate surface area is 301 Å². The first-order valence-corrected chi connectivity index (χ1v) is 17.5. The summed E-state index contributed by atoms with van der Waals surface area (Å²) in [4.78, 5) is 19.3. The molecule has 10 rings (SSSR count). The zero-order chi connectivity index (χ0) is 34.8. The first-order valence-electron chi connectivity index (χ1n) is 17.5. The molecule has 0 saturated heterocycles. The van der Waals surface area contributed by atoms with Gasteiger partial charge in [0.1, 0.15) is 11.2 Å². The second-order valence-electron chi connectivity index (χ2n) is 13.9. The first kappa shape index (κ1) is 30.1. The van der Waals surface area contributed by atoms with Gasteiger partial charge in [-0.15, -0.1) is 0 Å². The van der Waals surface area contributed by atoms with E-state index in [1.807, 2.05) is 54.7 Å². The summed E-state index contributed by atoms with van der Waals surface area (Å²) in [5.41, 5.74) is 14.0. The van der Waals surface area contributed by atoms with E-state index in [2.05, 4.69) is 116 Å². The number of benzene rings is 6. The van der Waals surface area contributed by atoms with Crippen molar-refractivity contribution in [1.82, 2.24) is 19.9 Å². The van der Waals surface area contributed by atoms with Gasteiger partial charge in [-0.3, -0.25) is 4.98 Å². The Hall–Kier alpha value is -6.72. The van der Waals surface area contributed by atoms with Gasteiger partial charge in [0, 0.05) is 45.3 Å². The van der Waals surface area contributed by atoms with E-state index in [4.69, 9.17) is 19.4 Å². The summed E-state index contributed by atoms with van der Waals surface area (Å²) >= 11 is 0. The fourth-order valence-corrected chi connectivity index (χ4v) is 7.67. The van der Waals surface area contributed by atoms with E-state index in [1.165, 1.54) is 22.3 Å². The van der Waals surface area contributed by atoms with Crippen LogP contribution < -0.4 is 0 Å². The van der Waals surface area contributed by atoms with Crippen LogP contribution in [-0.4, -0.2) is 19.9 Å². The summed E-state index contributed by atoms with van der Waals surface area (Å²) in [6.07, 6.45) is 3.66. The van der Waals surface area contributed by atoms with Crippen molar-refractivity contribution in [2.24, 2.45) is 0 Å². The molecule has 0 unspecified atom stereocenters. The van der Waals surface area contributed by atoms with Crippen LogP contribution in [0.1, 0.15) is 25.0 Å². The summed E-state index contributed by atoms with van der Waals surface area (Å²) in [7, 11) is 0. The monoisotopic (exact) mass is 668 g/mol. The second kappa shape index (κ2) is 11.7. The number of nitrogens with zero attached hydrogens (tertiary/aromatic N) is 4. The lowest BCUT2D eigenvalue weighted by Gasteiger charge is -2.22. The van der Waals surface area contributed by atoms with Crippen molar-refractivity contribution in [3.63, 3.8) is 0 Å². The molecule has 1 aliphatic rings.